The molecule has 25 heavy (non-hydrogen) atoms. The average molecular weight is 356 g/mol. The molecule has 2 heterocycles. The molecule has 3 rings (SSSR count). The van der Waals surface area contributed by atoms with Crippen molar-refractivity contribution < 1.29 is 14.3 Å². The van der Waals surface area contributed by atoms with Gasteiger partial charge in [0.15, 0.2) is 0 Å². The molecule has 5 nitrogen and oxygen atoms in total. The molecular weight excluding hydrogens is 336 g/mol. The standard InChI is InChI=1S/C19H20N2O3S/c1-23-16-10-11-20-12-14(16)13-24-19(22)9-5-4-8-18-21-15-6-2-3-7-17(15)25-18/h2-3,6-7,10-12H,4-5,8-9,13H2,1H3. The minimum Gasteiger partial charge on any atom is -0.496 e. The predicted octanol–water partition coefficient (Wildman–Crippen LogP) is 4.16. The van der Waals surface area contributed by atoms with Gasteiger partial charge in [0.05, 0.1) is 22.3 Å². The topological polar surface area (TPSA) is 61.3 Å². The Hall–Kier alpha value is -2.47. The first-order valence-corrected chi connectivity index (χ1v) is 9.05. The van der Waals surface area contributed by atoms with Crippen LogP contribution in [0.4, 0.5) is 0 Å². The van der Waals surface area contributed by atoms with Gasteiger partial charge < -0.3 is 9.47 Å². The molecule has 1 aromatic carbocycles. The molecule has 0 aliphatic heterocycles. The Morgan fingerprint density at radius 2 is 2.08 bits per heavy atom. The van der Waals surface area contributed by atoms with E-state index in [1.54, 1.807) is 36.9 Å². The van der Waals surface area contributed by atoms with Crippen LogP contribution in [0.5, 0.6) is 5.75 Å². The van der Waals surface area contributed by atoms with Crippen LogP contribution in [0.25, 0.3) is 10.2 Å². The number of nitrogens with zero attached hydrogens (tertiary/aromatic N) is 2. The number of para-hydroxylation sites is 1. The van der Waals surface area contributed by atoms with E-state index >= 15 is 0 Å². The molecule has 130 valence electrons. The quantitative estimate of drug-likeness (QED) is 0.448. The molecule has 0 atom stereocenters. The van der Waals surface area contributed by atoms with Crippen LogP contribution in [0.2, 0.25) is 0 Å². The summed E-state index contributed by atoms with van der Waals surface area (Å²) in [5, 5.41) is 1.12. The zero-order chi connectivity index (χ0) is 17.5. The summed E-state index contributed by atoms with van der Waals surface area (Å²) in [6.45, 7) is 0.188. The number of carbonyl (C=O) groups excluding carboxylic acids is 1. The lowest BCUT2D eigenvalue weighted by Crippen LogP contribution is -2.05. The SMILES string of the molecule is COc1ccncc1COC(=O)CCCCc1nc2ccccc2s1. The highest BCUT2D eigenvalue weighted by molar-refractivity contribution is 7.18. The number of carbonyl (C=O) groups is 1. The Morgan fingerprint density at radius 1 is 1.20 bits per heavy atom. The van der Waals surface area contributed by atoms with Crippen LogP contribution in [-0.2, 0) is 22.6 Å². The zero-order valence-electron chi connectivity index (χ0n) is 14.1. The maximum absolute atomic E-state index is 11.9. The summed E-state index contributed by atoms with van der Waals surface area (Å²) in [6.07, 6.45) is 6.31. The van der Waals surface area contributed by atoms with Crippen LogP contribution in [0.1, 0.15) is 29.8 Å². The predicted molar refractivity (Wildman–Crippen MR) is 97.8 cm³/mol. The van der Waals surface area contributed by atoms with Gasteiger partial charge in [-0.25, -0.2) is 4.98 Å². The van der Waals surface area contributed by atoms with E-state index in [0.29, 0.717) is 12.2 Å². The van der Waals surface area contributed by atoms with Gasteiger partial charge in [0.2, 0.25) is 0 Å². The highest BCUT2D eigenvalue weighted by atomic mass is 32.1. The lowest BCUT2D eigenvalue weighted by atomic mass is 10.2. The van der Waals surface area contributed by atoms with E-state index < -0.39 is 0 Å². The number of hydrogen-bond donors (Lipinski definition) is 0. The van der Waals surface area contributed by atoms with E-state index in [-0.39, 0.29) is 12.6 Å². The molecule has 0 fully saturated rings. The fraction of sp³-hybridized carbons (Fsp3) is 0.316. The highest BCUT2D eigenvalue weighted by Crippen LogP contribution is 2.23. The van der Waals surface area contributed by atoms with Crippen molar-refractivity contribution in [2.75, 3.05) is 7.11 Å². The smallest absolute Gasteiger partial charge is 0.306 e. The fourth-order valence-corrected chi connectivity index (χ4v) is 3.53. The summed E-state index contributed by atoms with van der Waals surface area (Å²) in [5.74, 6) is 0.480. The van der Waals surface area contributed by atoms with Gasteiger partial charge in [-0.1, -0.05) is 12.1 Å². The summed E-state index contributed by atoms with van der Waals surface area (Å²) in [5.41, 5.74) is 1.82. The monoisotopic (exact) mass is 356 g/mol. The third kappa shape index (κ3) is 4.76. The summed E-state index contributed by atoms with van der Waals surface area (Å²) in [4.78, 5) is 20.5. The van der Waals surface area contributed by atoms with Crippen LogP contribution in [0.3, 0.4) is 0 Å². The van der Waals surface area contributed by atoms with E-state index in [4.69, 9.17) is 9.47 Å². The van der Waals surface area contributed by atoms with Crippen molar-refractivity contribution in [1.29, 1.82) is 0 Å². The van der Waals surface area contributed by atoms with Crippen molar-refractivity contribution in [3.05, 3.63) is 53.3 Å². The maximum Gasteiger partial charge on any atom is 0.306 e. The molecule has 0 unspecified atom stereocenters. The van der Waals surface area contributed by atoms with Crippen molar-refractivity contribution in [2.24, 2.45) is 0 Å². The Morgan fingerprint density at radius 3 is 2.92 bits per heavy atom. The number of thiazole rings is 1. The largest absolute Gasteiger partial charge is 0.496 e. The molecule has 0 bridgehead atoms. The van der Waals surface area contributed by atoms with Crippen LogP contribution in [0.15, 0.2) is 42.7 Å². The highest BCUT2D eigenvalue weighted by Gasteiger charge is 2.08. The van der Waals surface area contributed by atoms with E-state index in [2.05, 4.69) is 16.0 Å². The van der Waals surface area contributed by atoms with Crippen molar-refractivity contribution >= 4 is 27.5 Å². The van der Waals surface area contributed by atoms with Crippen molar-refractivity contribution in [2.45, 2.75) is 32.3 Å². The molecule has 0 amide bonds. The molecule has 0 saturated heterocycles. The fourth-order valence-electron chi connectivity index (χ4n) is 2.52. The number of rotatable bonds is 8. The van der Waals surface area contributed by atoms with Crippen LogP contribution < -0.4 is 4.74 Å². The van der Waals surface area contributed by atoms with Crippen molar-refractivity contribution in [1.82, 2.24) is 9.97 Å². The summed E-state index contributed by atoms with van der Waals surface area (Å²) in [7, 11) is 1.59. The Bertz CT molecular complexity index is 814. The Kier molecular flexibility index (Phi) is 5.95. The van der Waals surface area contributed by atoms with Gasteiger partial charge in [0, 0.05) is 24.4 Å². The molecule has 0 aliphatic rings. The number of aromatic nitrogens is 2. The van der Waals surface area contributed by atoms with Crippen LogP contribution in [-0.4, -0.2) is 23.0 Å². The maximum atomic E-state index is 11.9. The van der Waals surface area contributed by atoms with Gasteiger partial charge in [-0.2, -0.15) is 0 Å². The number of methoxy groups -OCH3 is 1. The number of ether oxygens (including phenoxy) is 2. The molecule has 0 N–H and O–H groups in total. The second-order valence-corrected chi connectivity index (χ2v) is 6.75. The number of aryl methyl sites for hydroxylation is 1. The second kappa shape index (κ2) is 8.58. The van der Waals surface area contributed by atoms with Gasteiger partial charge in [-0.05, 0) is 37.5 Å². The molecule has 0 saturated carbocycles. The van der Waals surface area contributed by atoms with Crippen molar-refractivity contribution in [3.8, 4) is 5.75 Å². The summed E-state index contributed by atoms with van der Waals surface area (Å²) < 4.78 is 11.7. The van der Waals surface area contributed by atoms with E-state index in [9.17, 15) is 4.79 Å². The first-order valence-electron chi connectivity index (χ1n) is 8.23. The lowest BCUT2D eigenvalue weighted by Gasteiger charge is -2.08. The summed E-state index contributed by atoms with van der Waals surface area (Å²) >= 11 is 1.72. The van der Waals surface area contributed by atoms with E-state index in [1.165, 1.54) is 4.70 Å². The first kappa shape index (κ1) is 17.4. The van der Waals surface area contributed by atoms with E-state index in [1.807, 2.05) is 18.2 Å². The third-order valence-electron chi connectivity index (χ3n) is 3.83. The normalized spacial score (nSPS) is 10.8. The second-order valence-electron chi connectivity index (χ2n) is 5.63. The van der Waals surface area contributed by atoms with Crippen LogP contribution >= 0.6 is 11.3 Å². The number of hydrogen-bond acceptors (Lipinski definition) is 6. The van der Waals surface area contributed by atoms with Gasteiger partial charge >= 0.3 is 5.97 Å². The van der Waals surface area contributed by atoms with Crippen LogP contribution in [0, 0.1) is 0 Å². The molecule has 0 aliphatic carbocycles. The van der Waals surface area contributed by atoms with Crippen molar-refractivity contribution in [3.63, 3.8) is 0 Å². The molecule has 0 radical (unpaired) electrons. The number of unbranched alkanes of at least 4 members (excludes halogenated alkanes) is 1. The third-order valence-corrected chi connectivity index (χ3v) is 4.92. The number of benzene rings is 1. The number of pyridine rings is 1. The lowest BCUT2D eigenvalue weighted by molar-refractivity contribution is -0.145. The number of esters is 1. The van der Waals surface area contributed by atoms with Gasteiger partial charge in [0.25, 0.3) is 0 Å². The first-order chi connectivity index (χ1) is 12.3. The molecule has 2 aromatic heterocycles. The average Bonchev–Trinajstić information content (AvgIpc) is 3.06. The molecular formula is C19H20N2O3S. The molecule has 6 heteroatoms. The zero-order valence-corrected chi connectivity index (χ0v) is 14.9. The van der Waals surface area contributed by atoms with E-state index in [0.717, 1.165) is 35.4 Å². The summed E-state index contributed by atoms with van der Waals surface area (Å²) in [6, 6.07) is 9.89. The Balaban J connectivity index is 1.39. The van der Waals surface area contributed by atoms with Gasteiger partial charge in [0.1, 0.15) is 12.4 Å². The molecule has 0 spiro atoms. The minimum atomic E-state index is -0.199. The van der Waals surface area contributed by atoms with Gasteiger partial charge in [-0.3, -0.25) is 9.78 Å². The molecule has 3 aromatic rings. The number of fused-ring (bicyclic) bond motifs is 1. The van der Waals surface area contributed by atoms with Gasteiger partial charge in [-0.15, -0.1) is 11.3 Å². The minimum absolute atomic E-state index is 0.188. The Labute approximate surface area is 150 Å².